The van der Waals surface area contributed by atoms with Gasteiger partial charge in [0.05, 0.1) is 0 Å². The number of phenolic OH excluding ortho intramolecular Hbond substituents is 1. The molecular formula is C15H25FN2O. The number of hydrogen-bond donors (Lipinski definition) is 2. The number of nitrogens with zero attached hydrogens (tertiary/aromatic N) is 1. The molecule has 0 spiro atoms. The van der Waals surface area contributed by atoms with Crippen LogP contribution in [0.2, 0.25) is 0 Å². The first kappa shape index (κ1) is 15.9. The fourth-order valence-corrected chi connectivity index (χ4v) is 1.88. The Balaban J connectivity index is 2.37. The highest BCUT2D eigenvalue weighted by molar-refractivity contribution is 5.29. The van der Waals surface area contributed by atoms with Crippen molar-refractivity contribution in [3.05, 3.63) is 29.6 Å². The van der Waals surface area contributed by atoms with Crippen molar-refractivity contribution in [2.75, 3.05) is 20.1 Å². The molecule has 0 radical (unpaired) electrons. The summed E-state index contributed by atoms with van der Waals surface area (Å²) in [5.74, 6) is -0.397. The molecule has 0 aliphatic heterocycles. The molecule has 1 aromatic rings. The van der Waals surface area contributed by atoms with Gasteiger partial charge < -0.3 is 15.3 Å². The largest absolute Gasteiger partial charge is 0.508 e. The van der Waals surface area contributed by atoms with Crippen molar-refractivity contribution in [2.24, 2.45) is 0 Å². The van der Waals surface area contributed by atoms with Gasteiger partial charge in [0.2, 0.25) is 0 Å². The average Bonchev–Trinajstić information content (AvgIpc) is 2.33. The third-order valence-corrected chi connectivity index (χ3v) is 3.47. The van der Waals surface area contributed by atoms with Crippen molar-refractivity contribution in [3.8, 4) is 5.75 Å². The van der Waals surface area contributed by atoms with Crippen LogP contribution >= 0.6 is 0 Å². The average molecular weight is 268 g/mol. The summed E-state index contributed by atoms with van der Waals surface area (Å²) < 4.78 is 13.6. The van der Waals surface area contributed by atoms with E-state index in [1.807, 2.05) is 6.92 Å². The molecule has 0 heterocycles. The first-order valence-electron chi connectivity index (χ1n) is 6.84. The minimum atomic E-state index is -0.362. The Kier molecular flexibility index (Phi) is 6.25. The van der Waals surface area contributed by atoms with Crippen LogP contribution in [0.25, 0.3) is 0 Å². The molecule has 4 heteroatoms. The summed E-state index contributed by atoms with van der Waals surface area (Å²) in [6, 6.07) is 4.79. The highest BCUT2D eigenvalue weighted by atomic mass is 19.1. The van der Waals surface area contributed by atoms with Gasteiger partial charge in [-0.2, -0.15) is 0 Å². The molecule has 0 aliphatic rings. The van der Waals surface area contributed by atoms with Gasteiger partial charge >= 0.3 is 0 Å². The molecule has 108 valence electrons. The molecular weight excluding hydrogens is 243 g/mol. The van der Waals surface area contributed by atoms with E-state index in [0.29, 0.717) is 11.6 Å². The van der Waals surface area contributed by atoms with Crippen LogP contribution in [0.15, 0.2) is 18.2 Å². The number of benzene rings is 1. The van der Waals surface area contributed by atoms with Crippen molar-refractivity contribution < 1.29 is 9.50 Å². The maximum absolute atomic E-state index is 13.6. The van der Waals surface area contributed by atoms with Gasteiger partial charge in [-0.1, -0.05) is 6.07 Å². The molecule has 0 saturated carbocycles. The first-order chi connectivity index (χ1) is 8.91. The second-order valence-electron chi connectivity index (χ2n) is 5.31. The van der Waals surface area contributed by atoms with Gasteiger partial charge in [0, 0.05) is 23.7 Å². The van der Waals surface area contributed by atoms with Crippen molar-refractivity contribution in [3.63, 3.8) is 0 Å². The van der Waals surface area contributed by atoms with E-state index in [0.717, 1.165) is 25.6 Å². The van der Waals surface area contributed by atoms with E-state index in [4.69, 9.17) is 0 Å². The summed E-state index contributed by atoms with van der Waals surface area (Å²) in [4.78, 5) is 2.29. The highest BCUT2D eigenvalue weighted by Gasteiger charge is 2.11. The van der Waals surface area contributed by atoms with Crippen LogP contribution in [0.3, 0.4) is 0 Å². The van der Waals surface area contributed by atoms with E-state index in [9.17, 15) is 9.50 Å². The van der Waals surface area contributed by atoms with Crippen molar-refractivity contribution in [2.45, 2.75) is 39.3 Å². The van der Waals surface area contributed by atoms with Crippen LogP contribution in [-0.4, -0.2) is 36.2 Å². The smallest absolute Gasteiger partial charge is 0.131 e. The molecule has 1 unspecified atom stereocenters. The van der Waals surface area contributed by atoms with Gasteiger partial charge in [0.15, 0.2) is 0 Å². The van der Waals surface area contributed by atoms with E-state index in [2.05, 4.69) is 31.1 Å². The minimum Gasteiger partial charge on any atom is -0.508 e. The van der Waals surface area contributed by atoms with Crippen LogP contribution in [0.5, 0.6) is 5.75 Å². The number of hydrogen-bond acceptors (Lipinski definition) is 3. The first-order valence-corrected chi connectivity index (χ1v) is 6.84. The predicted octanol–water partition coefficient (Wildman–Crippen LogP) is 2.91. The molecule has 1 aromatic carbocycles. The lowest BCUT2D eigenvalue weighted by Crippen LogP contribution is -2.30. The molecule has 1 rings (SSSR count). The zero-order chi connectivity index (χ0) is 14.4. The van der Waals surface area contributed by atoms with Crippen LogP contribution in [-0.2, 0) is 0 Å². The molecule has 19 heavy (non-hydrogen) atoms. The molecule has 0 amide bonds. The second kappa shape index (κ2) is 7.46. The Morgan fingerprint density at radius 2 is 2.00 bits per heavy atom. The standard InChI is InChI=1S/C15H25FN2O/c1-11(2)18(4)9-5-8-17-12(3)14-7-6-13(19)10-15(14)16/h6-7,10-12,17,19H,5,8-9H2,1-4H3. The lowest BCUT2D eigenvalue weighted by molar-refractivity contribution is 0.268. The van der Waals surface area contributed by atoms with Gasteiger partial charge in [0.1, 0.15) is 11.6 Å². The maximum atomic E-state index is 13.6. The van der Waals surface area contributed by atoms with Crippen molar-refractivity contribution in [1.29, 1.82) is 0 Å². The number of rotatable bonds is 7. The zero-order valence-electron chi connectivity index (χ0n) is 12.3. The lowest BCUT2D eigenvalue weighted by Gasteiger charge is -2.21. The number of halogens is 1. The number of aromatic hydroxyl groups is 1. The van der Waals surface area contributed by atoms with Crippen LogP contribution in [0, 0.1) is 5.82 Å². The van der Waals surface area contributed by atoms with E-state index in [-0.39, 0.29) is 17.6 Å². The maximum Gasteiger partial charge on any atom is 0.131 e. The Bertz CT molecular complexity index is 396. The zero-order valence-corrected chi connectivity index (χ0v) is 12.3. The Morgan fingerprint density at radius 1 is 1.32 bits per heavy atom. The number of phenols is 1. The molecule has 0 bridgehead atoms. The Hall–Kier alpha value is -1.13. The molecule has 0 aromatic heterocycles. The third-order valence-electron chi connectivity index (χ3n) is 3.47. The highest BCUT2D eigenvalue weighted by Crippen LogP contribution is 2.20. The van der Waals surface area contributed by atoms with Gasteiger partial charge in [-0.25, -0.2) is 4.39 Å². The Labute approximate surface area is 115 Å². The van der Waals surface area contributed by atoms with E-state index < -0.39 is 0 Å². The van der Waals surface area contributed by atoms with Crippen LogP contribution < -0.4 is 5.32 Å². The fourth-order valence-electron chi connectivity index (χ4n) is 1.88. The van der Waals surface area contributed by atoms with E-state index in [1.165, 1.54) is 6.07 Å². The van der Waals surface area contributed by atoms with Gasteiger partial charge in [-0.3, -0.25) is 0 Å². The predicted molar refractivity (Wildman–Crippen MR) is 76.9 cm³/mol. The molecule has 2 N–H and O–H groups in total. The summed E-state index contributed by atoms with van der Waals surface area (Å²) >= 11 is 0. The van der Waals surface area contributed by atoms with Gasteiger partial charge in [-0.05, 0) is 53.4 Å². The van der Waals surface area contributed by atoms with Gasteiger partial charge in [0.25, 0.3) is 0 Å². The third kappa shape index (κ3) is 5.17. The summed E-state index contributed by atoms with van der Waals surface area (Å²) in [5, 5.41) is 12.5. The summed E-state index contributed by atoms with van der Waals surface area (Å²) in [6.07, 6.45) is 1.03. The van der Waals surface area contributed by atoms with Crippen molar-refractivity contribution >= 4 is 0 Å². The molecule has 1 atom stereocenters. The normalized spacial score (nSPS) is 13.2. The monoisotopic (exact) mass is 268 g/mol. The fraction of sp³-hybridized carbons (Fsp3) is 0.600. The Morgan fingerprint density at radius 3 is 2.58 bits per heavy atom. The summed E-state index contributed by atoms with van der Waals surface area (Å²) in [5.41, 5.74) is 0.593. The lowest BCUT2D eigenvalue weighted by atomic mass is 10.1. The SMILES string of the molecule is CC(NCCCN(C)C(C)C)c1ccc(O)cc1F. The van der Waals surface area contributed by atoms with Crippen LogP contribution in [0.4, 0.5) is 4.39 Å². The van der Waals surface area contributed by atoms with E-state index in [1.54, 1.807) is 6.07 Å². The van der Waals surface area contributed by atoms with E-state index >= 15 is 0 Å². The van der Waals surface area contributed by atoms with Crippen LogP contribution in [0.1, 0.15) is 38.8 Å². The topological polar surface area (TPSA) is 35.5 Å². The molecule has 0 aliphatic carbocycles. The molecule has 0 saturated heterocycles. The molecule has 0 fully saturated rings. The second-order valence-corrected chi connectivity index (χ2v) is 5.31. The quantitative estimate of drug-likeness (QED) is 0.746. The number of nitrogens with one attached hydrogen (secondary N) is 1. The van der Waals surface area contributed by atoms with Gasteiger partial charge in [-0.15, -0.1) is 0 Å². The summed E-state index contributed by atoms with van der Waals surface area (Å²) in [7, 11) is 2.10. The van der Waals surface area contributed by atoms with Crippen molar-refractivity contribution in [1.82, 2.24) is 10.2 Å². The minimum absolute atomic E-state index is 0.0352. The molecule has 3 nitrogen and oxygen atoms in total. The summed E-state index contributed by atoms with van der Waals surface area (Å²) in [6.45, 7) is 8.14.